The summed E-state index contributed by atoms with van der Waals surface area (Å²) in [6.45, 7) is 3.92. The average molecular weight is 355 g/mol. The summed E-state index contributed by atoms with van der Waals surface area (Å²) in [6.07, 6.45) is 3.84. The summed E-state index contributed by atoms with van der Waals surface area (Å²) in [5.41, 5.74) is 1.35. The number of likely N-dealkylation sites (N-methyl/N-ethyl adjacent to an activating group) is 1. The predicted molar refractivity (Wildman–Crippen MR) is 91.6 cm³/mol. The Labute approximate surface area is 137 Å². The molecule has 0 heterocycles. The lowest BCUT2D eigenvalue weighted by Crippen LogP contribution is -2.28. The summed E-state index contributed by atoms with van der Waals surface area (Å²) in [7, 11) is 4.21. The second-order valence-corrected chi connectivity index (χ2v) is 6.92. The van der Waals surface area contributed by atoms with Crippen molar-refractivity contribution in [1.82, 2.24) is 10.2 Å². The smallest absolute Gasteiger partial charge is 0.0593 e. The predicted octanol–water partition coefficient (Wildman–Crippen LogP) is 3.46. The van der Waals surface area contributed by atoms with Gasteiger partial charge in [0.15, 0.2) is 0 Å². The van der Waals surface area contributed by atoms with E-state index in [2.05, 4.69) is 57.5 Å². The van der Waals surface area contributed by atoms with E-state index in [0.717, 1.165) is 43.1 Å². The molecule has 0 aromatic heterocycles. The van der Waals surface area contributed by atoms with E-state index in [0.29, 0.717) is 6.04 Å². The van der Waals surface area contributed by atoms with Crippen LogP contribution in [0.25, 0.3) is 0 Å². The lowest BCUT2D eigenvalue weighted by Gasteiger charge is -2.22. The molecule has 3 nitrogen and oxygen atoms in total. The van der Waals surface area contributed by atoms with Gasteiger partial charge >= 0.3 is 0 Å². The van der Waals surface area contributed by atoms with E-state index in [1.54, 1.807) is 0 Å². The zero-order valence-corrected chi connectivity index (χ0v) is 14.7. The van der Waals surface area contributed by atoms with Crippen LogP contribution < -0.4 is 5.32 Å². The molecule has 0 amide bonds. The van der Waals surface area contributed by atoms with Gasteiger partial charge in [-0.25, -0.2) is 0 Å². The minimum Gasteiger partial charge on any atom is -0.380 e. The Kier molecular flexibility index (Phi) is 7.17. The molecule has 1 aliphatic rings. The van der Waals surface area contributed by atoms with Gasteiger partial charge in [0.1, 0.15) is 0 Å². The van der Waals surface area contributed by atoms with E-state index in [1.165, 1.54) is 18.4 Å². The molecule has 0 radical (unpaired) electrons. The third-order valence-electron chi connectivity index (χ3n) is 4.09. The molecule has 21 heavy (non-hydrogen) atoms. The van der Waals surface area contributed by atoms with E-state index in [4.69, 9.17) is 4.74 Å². The van der Waals surface area contributed by atoms with Crippen LogP contribution in [0.2, 0.25) is 0 Å². The minimum absolute atomic E-state index is 0.410. The van der Waals surface area contributed by atoms with Crippen molar-refractivity contribution in [2.24, 2.45) is 5.92 Å². The highest BCUT2D eigenvalue weighted by Crippen LogP contribution is 2.28. The van der Waals surface area contributed by atoms with Gasteiger partial charge in [0.2, 0.25) is 0 Å². The first-order valence-electron chi connectivity index (χ1n) is 7.88. The standard InChI is InChI=1S/C17H27BrN2O/c1-19-17(15-5-7-16(18)8-6-15)9-10-20(2)11-12-21-13-14-3-4-14/h5-8,14,17,19H,3-4,9-13H2,1-2H3. The number of hydrogen-bond donors (Lipinski definition) is 1. The molecule has 2 rings (SSSR count). The molecule has 0 bridgehead atoms. The zero-order valence-electron chi connectivity index (χ0n) is 13.1. The fraction of sp³-hybridized carbons (Fsp3) is 0.647. The van der Waals surface area contributed by atoms with Crippen molar-refractivity contribution >= 4 is 15.9 Å². The number of halogens is 1. The minimum atomic E-state index is 0.410. The van der Waals surface area contributed by atoms with Gasteiger partial charge in [-0.15, -0.1) is 0 Å². The van der Waals surface area contributed by atoms with Crippen molar-refractivity contribution in [2.45, 2.75) is 25.3 Å². The van der Waals surface area contributed by atoms with Crippen LogP contribution in [0.5, 0.6) is 0 Å². The first kappa shape index (κ1) is 16.9. The molecule has 118 valence electrons. The van der Waals surface area contributed by atoms with Gasteiger partial charge in [0.05, 0.1) is 6.61 Å². The van der Waals surface area contributed by atoms with Crippen molar-refractivity contribution in [3.05, 3.63) is 34.3 Å². The number of nitrogens with zero attached hydrogens (tertiary/aromatic N) is 1. The third-order valence-corrected chi connectivity index (χ3v) is 4.62. The Morgan fingerprint density at radius 3 is 2.62 bits per heavy atom. The van der Waals surface area contributed by atoms with Crippen molar-refractivity contribution in [3.8, 4) is 0 Å². The first-order chi connectivity index (χ1) is 10.2. The summed E-state index contributed by atoms with van der Waals surface area (Å²) in [5, 5.41) is 3.41. The number of rotatable bonds is 10. The maximum absolute atomic E-state index is 5.70. The van der Waals surface area contributed by atoms with E-state index >= 15 is 0 Å². The van der Waals surface area contributed by atoms with Crippen molar-refractivity contribution in [2.75, 3.05) is 40.4 Å². The summed E-state index contributed by atoms with van der Waals surface area (Å²) in [4.78, 5) is 2.36. The molecule has 1 fully saturated rings. The van der Waals surface area contributed by atoms with E-state index < -0.39 is 0 Å². The summed E-state index contributed by atoms with van der Waals surface area (Å²) in [6, 6.07) is 8.99. The maximum Gasteiger partial charge on any atom is 0.0593 e. The molecule has 4 heteroatoms. The molecule has 1 N–H and O–H groups in total. The quantitative estimate of drug-likeness (QED) is 0.651. The van der Waals surface area contributed by atoms with Crippen molar-refractivity contribution in [1.29, 1.82) is 0 Å². The fourth-order valence-electron chi connectivity index (χ4n) is 2.39. The molecular weight excluding hydrogens is 328 g/mol. The average Bonchev–Trinajstić information content (AvgIpc) is 3.30. The number of ether oxygens (including phenoxy) is 1. The van der Waals surface area contributed by atoms with Crippen LogP contribution in [0, 0.1) is 5.92 Å². The van der Waals surface area contributed by atoms with Crippen molar-refractivity contribution in [3.63, 3.8) is 0 Å². The van der Waals surface area contributed by atoms with Crippen molar-refractivity contribution < 1.29 is 4.74 Å². The number of nitrogens with one attached hydrogen (secondary N) is 1. The molecule has 0 saturated heterocycles. The van der Waals surface area contributed by atoms with Gasteiger partial charge in [-0.3, -0.25) is 0 Å². The topological polar surface area (TPSA) is 24.5 Å². The Balaban J connectivity index is 1.65. The van der Waals surface area contributed by atoms with Gasteiger partial charge in [-0.2, -0.15) is 0 Å². The third kappa shape index (κ3) is 6.47. The first-order valence-corrected chi connectivity index (χ1v) is 8.67. The highest BCUT2D eigenvalue weighted by atomic mass is 79.9. The van der Waals surface area contributed by atoms with E-state index in [1.807, 2.05) is 7.05 Å². The highest BCUT2D eigenvalue weighted by Gasteiger charge is 2.21. The molecule has 1 aromatic rings. The largest absolute Gasteiger partial charge is 0.380 e. The maximum atomic E-state index is 5.70. The number of benzene rings is 1. The van der Waals surface area contributed by atoms with Crippen LogP contribution >= 0.6 is 15.9 Å². The van der Waals surface area contributed by atoms with Crippen LogP contribution in [0.3, 0.4) is 0 Å². The Morgan fingerprint density at radius 1 is 1.29 bits per heavy atom. The van der Waals surface area contributed by atoms with Gasteiger partial charge in [0.25, 0.3) is 0 Å². The normalized spacial score (nSPS) is 16.4. The Hall–Kier alpha value is -0.420. The molecule has 1 aromatic carbocycles. The SMILES string of the molecule is CNC(CCN(C)CCOCC1CC1)c1ccc(Br)cc1. The Bertz CT molecular complexity index is 406. The molecule has 1 unspecified atom stereocenters. The van der Waals surface area contributed by atoms with Crippen LogP contribution in [-0.2, 0) is 4.74 Å². The molecule has 0 spiro atoms. The van der Waals surface area contributed by atoms with E-state index in [9.17, 15) is 0 Å². The number of hydrogen-bond acceptors (Lipinski definition) is 3. The van der Waals surface area contributed by atoms with Crippen LogP contribution in [-0.4, -0.2) is 45.3 Å². The highest BCUT2D eigenvalue weighted by molar-refractivity contribution is 9.10. The molecule has 1 atom stereocenters. The van der Waals surface area contributed by atoms with Crippen LogP contribution in [0.4, 0.5) is 0 Å². The second kappa shape index (κ2) is 8.89. The van der Waals surface area contributed by atoms with E-state index in [-0.39, 0.29) is 0 Å². The Morgan fingerprint density at radius 2 is 2.00 bits per heavy atom. The second-order valence-electron chi connectivity index (χ2n) is 6.00. The zero-order chi connectivity index (χ0) is 15.1. The lowest BCUT2D eigenvalue weighted by molar-refractivity contribution is 0.102. The monoisotopic (exact) mass is 354 g/mol. The molecule has 0 aliphatic heterocycles. The molecular formula is C17H27BrN2O. The fourth-order valence-corrected chi connectivity index (χ4v) is 2.65. The lowest BCUT2D eigenvalue weighted by atomic mass is 10.0. The van der Waals surface area contributed by atoms with Gasteiger partial charge < -0.3 is 15.0 Å². The summed E-state index contributed by atoms with van der Waals surface area (Å²) < 4.78 is 6.83. The van der Waals surface area contributed by atoms with Crippen LogP contribution in [0.1, 0.15) is 30.9 Å². The van der Waals surface area contributed by atoms with Gasteiger partial charge in [0, 0.05) is 23.7 Å². The van der Waals surface area contributed by atoms with Crippen LogP contribution in [0.15, 0.2) is 28.7 Å². The van der Waals surface area contributed by atoms with Gasteiger partial charge in [-0.1, -0.05) is 28.1 Å². The van der Waals surface area contributed by atoms with Gasteiger partial charge in [-0.05, 0) is 63.5 Å². The summed E-state index contributed by atoms with van der Waals surface area (Å²) >= 11 is 3.49. The molecule has 1 saturated carbocycles. The molecule has 1 aliphatic carbocycles. The summed E-state index contributed by atoms with van der Waals surface area (Å²) in [5.74, 6) is 0.862.